The Morgan fingerprint density at radius 3 is 2.85 bits per heavy atom. The Kier molecular flexibility index (Phi) is 6.45. The number of methoxy groups -OCH3 is 1. The average Bonchev–Trinajstić information content (AvgIpc) is 3.19. The normalized spacial score (nSPS) is 19.9. The number of rotatable bonds is 8. The molecule has 0 radical (unpaired) electrons. The molecule has 0 spiro atoms. The van der Waals surface area contributed by atoms with E-state index in [1.165, 1.54) is 0 Å². The Balaban J connectivity index is 1.55. The third-order valence-electron chi connectivity index (χ3n) is 4.95. The van der Waals surface area contributed by atoms with Gasteiger partial charge in [0.05, 0.1) is 6.54 Å². The van der Waals surface area contributed by atoms with E-state index in [2.05, 4.69) is 10.1 Å². The zero-order valence-corrected chi connectivity index (χ0v) is 16.0. The second-order valence-electron chi connectivity index (χ2n) is 6.87. The molecule has 1 fully saturated rings. The molecule has 2 heterocycles. The number of carbonyl (C=O) groups is 1. The Morgan fingerprint density at radius 1 is 1.33 bits per heavy atom. The number of hydrogen-bond acceptors (Lipinski definition) is 6. The number of amides is 1. The van der Waals surface area contributed by atoms with Crippen molar-refractivity contribution in [2.75, 3.05) is 26.8 Å². The standard InChI is InChI=1S/C20H27N3O4/c1-3-17-21-18(27-22-17)10-11-19(24)23-13-7-12-20(14-23,25-2)15-26-16-8-5-4-6-9-16/h4-6,8-9H,3,7,10-15H2,1-2H3. The molecule has 3 rings (SSSR count). The third-order valence-corrected chi connectivity index (χ3v) is 4.95. The lowest BCUT2D eigenvalue weighted by Gasteiger charge is -2.41. The maximum Gasteiger partial charge on any atom is 0.227 e. The maximum atomic E-state index is 12.7. The highest BCUT2D eigenvalue weighted by Crippen LogP contribution is 2.26. The summed E-state index contributed by atoms with van der Waals surface area (Å²) in [5, 5.41) is 3.87. The number of para-hydroxylation sites is 1. The van der Waals surface area contributed by atoms with Crippen molar-refractivity contribution in [2.45, 2.75) is 44.6 Å². The molecule has 1 saturated heterocycles. The fourth-order valence-corrected chi connectivity index (χ4v) is 3.29. The lowest BCUT2D eigenvalue weighted by Crippen LogP contribution is -2.54. The Bertz CT molecular complexity index is 734. The van der Waals surface area contributed by atoms with Crippen molar-refractivity contribution >= 4 is 5.91 Å². The van der Waals surface area contributed by atoms with Crippen LogP contribution in [0.1, 0.15) is 37.9 Å². The summed E-state index contributed by atoms with van der Waals surface area (Å²) < 4.78 is 16.9. The van der Waals surface area contributed by atoms with Crippen molar-refractivity contribution in [3.05, 3.63) is 42.0 Å². The molecular weight excluding hydrogens is 346 g/mol. The van der Waals surface area contributed by atoms with E-state index in [0.29, 0.717) is 37.7 Å². The second-order valence-corrected chi connectivity index (χ2v) is 6.87. The van der Waals surface area contributed by atoms with Gasteiger partial charge in [-0.1, -0.05) is 30.3 Å². The summed E-state index contributed by atoms with van der Waals surface area (Å²) in [6.07, 6.45) is 3.29. The number of carbonyl (C=O) groups excluding carboxylic acids is 1. The molecule has 1 aliphatic rings. The number of nitrogens with zero attached hydrogens (tertiary/aromatic N) is 3. The van der Waals surface area contributed by atoms with E-state index >= 15 is 0 Å². The summed E-state index contributed by atoms with van der Waals surface area (Å²) in [5.41, 5.74) is -0.483. The van der Waals surface area contributed by atoms with Crippen LogP contribution in [0.25, 0.3) is 0 Å². The second kappa shape index (κ2) is 8.99. The molecule has 1 aliphatic heterocycles. The summed E-state index contributed by atoms with van der Waals surface area (Å²) in [4.78, 5) is 18.8. The van der Waals surface area contributed by atoms with Gasteiger partial charge in [0.2, 0.25) is 11.8 Å². The number of benzene rings is 1. The number of likely N-dealkylation sites (tertiary alicyclic amines) is 1. The molecule has 1 amide bonds. The molecule has 1 atom stereocenters. The summed E-state index contributed by atoms with van der Waals surface area (Å²) in [7, 11) is 1.69. The largest absolute Gasteiger partial charge is 0.491 e. The van der Waals surface area contributed by atoms with E-state index in [4.69, 9.17) is 14.0 Å². The molecule has 0 N–H and O–H groups in total. The van der Waals surface area contributed by atoms with Crippen LogP contribution in [0.4, 0.5) is 0 Å². The van der Waals surface area contributed by atoms with Crippen LogP contribution in [0, 0.1) is 0 Å². The van der Waals surface area contributed by atoms with Gasteiger partial charge < -0.3 is 18.9 Å². The van der Waals surface area contributed by atoms with Crippen LogP contribution >= 0.6 is 0 Å². The fourth-order valence-electron chi connectivity index (χ4n) is 3.29. The first kappa shape index (κ1) is 19.4. The molecular formula is C20H27N3O4. The topological polar surface area (TPSA) is 77.7 Å². The van der Waals surface area contributed by atoms with Crippen LogP contribution < -0.4 is 4.74 Å². The van der Waals surface area contributed by atoms with Crippen LogP contribution in [0.15, 0.2) is 34.9 Å². The number of aryl methyl sites for hydroxylation is 2. The predicted octanol–water partition coefficient (Wildman–Crippen LogP) is 2.65. The molecule has 27 heavy (non-hydrogen) atoms. The van der Waals surface area contributed by atoms with Gasteiger partial charge in [-0.15, -0.1) is 0 Å². The lowest BCUT2D eigenvalue weighted by atomic mass is 9.93. The highest BCUT2D eigenvalue weighted by atomic mass is 16.5. The number of ether oxygens (including phenoxy) is 2. The zero-order valence-electron chi connectivity index (χ0n) is 16.0. The minimum absolute atomic E-state index is 0.0760. The first-order valence-corrected chi connectivity index (χ1v) is 9.46. The maximum absolute atomic E-state index is 12.7. The molecule has 1 aromatic carbocycles. The molecule has 0 aliphatic carbocycles. The van der Waals surface area contributed by atoms with Crippen LogP contribution in [-0.4, -0.2) is 53.4 Å². The van der Waals surface area contributed by atoms with Gasteiger partial charge in [0.25, 0.3) is 0 Å². The van der Waals surface area contributed by atoms with Gasteiger partial charge in [-0.2, -0.15) is 4.98 Å². The van der Waals surface area contributed by atoms with E-state index in [0.717, 1.165) is 31.6 Å². The van der Waals surface area contributed by atoms with Crippen molar-refractivity contribution < 1.29 is 18.8 Å². The third kappa shape index (κ3) is 5.07. The van der Waals surface area contributed by atoms with Crippen LogP contribution in [0.2, 0.25) is 0 Å². The van der Waals surface area contributed by atoms with Gasteiger partial charge in [-0.05, 0) is 25.0 Å². The van der Waals surface area contributed by atoms with Gasteiger partial charge >= 0.3 is 0 Å². The van der Waals surface area contributed by atoms with Crippen LogP contribution in [0.3, 0.4) is 0 Å². The van der Waals surface area contributed by atoms with E-state index in [9.17, 15) is 4.79 Å². The molecule has 2 aromatic rings. The average molecular weight is 373 g/mol. The molecule has 1 aromatic heterocycles. The molecule has 1 unspecified atom stereocenters. The molecule has 0 saturated carbocycles. The fraction of sp³-hybridized carbons (Fsp3) is 0.550. The van der Waals surface area contributed by atoms with Crippen molar-refractivity contribution in [3.63, 3.8) is 0 Å². The smallest absolute Gasteiger partial charge is 0.227 e. The summed E-state index contributed by atoms with van der Waals surface area (Å²) in [6, 6.07) is 9.67. The monoisotopic (exact) mass is 373 g/mol. The minimum Gasteiger partial charge on any atom is -0.491 e. The van der Waals surface area contributed by atoms with Gasteiger partial charge in [0.1, 0.15) is 18.0 Å². The predicted molar refractivity (Wildman–Crippen MR) is 99.5 cm³/mol. The summed E-state index contributed by atoms with van der Waals surface area (Å²) in [6.45, 7) is 3.65. The van der Waals surface area contributed by atoms with Gasteiger partial charge in [-0.3, -0.25) is 4.79 Å². The summed E-state index contributed by atoms with van der Waals surface area (Å²) in [5.74, 6) is 2.07. The Labute approximate surface area is 159 Å². The summed E-state index contributed by atoms with van der Waals surface area (Å²) >= 11 is 0. The molecule has 146 valence electrons. The first-order chi connectivity index (χ1) is 13.1. The van der Waals surface area contributed by atoms with E-state index in [1.54, 1.807) is 7.11 Å². The van der Waals surface area contributed by atoms with Gasteiger partial charge in [0, 0.05) is 32.9 Å². The van der Waals surface area contributed by atoms with E-state index in [-0.39, 0.29) is 5.91 Å². The van der Waals surface area contributed by atoms with E-state index < -0.39 is 5.60 Å². The van der Waals surface area contributed by atoms with E-state index in [1.807, 2.05) is 42.2 Å². The van der Waals surface area contributed by atoms with Crippen molar-refractivity contribution in [3.8, 4) is 5.75 Å². The lowest BCUT2D eigenvalue weighted by molar-refractivity contribution is -0.143. The highest BCUT2D eigenvalue weighted by Gasteiger charge is 2.38. The van der Waals surface area contributed by atoms with Gasteiger partial charge in [0.15, 0.2) is 5.82 Å². The number of hydrogen-bond donors (Lipinski definition) is 0. The van der Waals surface area contributed by atoms with Crippen molar-refractivity contribution in [2.24, 2.45) is 0 Å². The van der Waals surface area contributed by atoms with Crippen LogP contribution in [-0.2, 0) is 22.4 Å². The minimum atomic E-state index is -0.483. The molecule has 7 heteroatoms. The first-order valence-electron chi connectivity index (χ1n) is 9.46. The highest BCUT2D eigenvalue weighted by molar-refractivity contribution is 5.76. The van der Waals surface area contributed by atoms with Crippen molar-refractivity contribution in [1.29, 1.82) is 0 Å². The molecule has 0 bridgehead atoms. The zero-order chi connectivity index (χ0) is 19.1. The number of piperidine rings is 1. The van der Waals surface area contributed by atoms with Crippen LogP contribution in [0.5, 0.6) is 5.75 Å². The SMILES string of the molecule is CCc1noc(CCC(=O)N2CCCC(COc3ccccc3)(OC)C2)n1. The van der Waals surface area contributed by atoms with Gasteiger partial charge in [-0.25, -0.2) is 0 Å². The Hall–Kier alpha value is -2.41. The van der Waals surface area contributed by atoms with Crippen molar-refractivity contribution in [1.82, 2.24) is 15.0 Å². The molecule has 7 nitrogen and oxygen atoms in total. The number of aromatic nitrogens is 2. The Morgan fingerprint density at radius 2 is 2.15 bits per heavy atom. The quantitative estimate of drug-likeness (QED) is 0.708.